The molecule has 0 aliphatic carbocycles. The SMILES string of the molecule is [C-]#[N+]c1cc2ccn(-c3ccc(C(N)=O)cc3)c2cc1C. The number of carbonyl (C=O) groups excluding carboxylic acids is 1. The Morgan fingerprint density at radius 3 is 2.52 bits per heavy atom. The van der Waals surface area contributed by atoms with E-state index in [0.717, 1.165) is 22.2 Å². The van der Waals surface area contributed by atoms with Crippen LogP contribution in [0.25, 0.3) is 21.4 Å². The average molecular weight is 275 g/mol. The monoisotopic (exact) mass is 275 g/mol. The molecule has 0 unspecified atom stereocenters. The molecule has 3 rings (SSSR count). The molecular weight excluding hydrogens is 262 g/mol. The molecule has 3 aromatic rings. The van der Waals surface area contributed by atoms with Crippen molar-refractivity contribution in [3.8, 4) is 5.69 Å². The summed E-state index contributed by atoms with van der Waals surface area (Å²) in [5.74, 6) is -0.434. The minimum atomic E-state index is -0.434. The molecule has 2 N–H and O–H groups in total. The molecule has 0 saturated heterocycles. The highest BCUT2D eigenvalue weighted by atomic mass is 16.1. The van der Waals surface area contributed by atoms with Crippen LogP contribution in [-0.2, 0) is 0 Å². The van der Waals surface area contributed by atoms with Crippen molar-refractivity contribution >= 4 is 22.5 Å². The molecule has 4 heteroatoms. The van der Waals surface area contributed by atoms with Crippen LogP contribution in [0.5, 0.6) is 0 Å². The number of rotatable bonds is 2. The molecule has 0 spiro atoms. The zero-order valence-corrected chi connectivity index (χ0v) is 11.5. The number of hydrogen-bond acceptors (Lipinski definition) is 1. The fourth-order valence-corrected chi connectivity index (χ4v) is 2.41. The molecule has 21 heavy (non-hydrogen) atoms. The summed E-state index contributed by atoms with van der Waals surface area (Å²) in [4.78, 5) is 14.6. The van der Waals surface area contributed by atoms with Crippen molar-refractivity contribution in [2.75, 3.05) is 0 Å². The highest BCUT2D eigenvalue weighted by molar-refractivity contribution is 5.93. The van der Waals surface area contributed by atoms with Gasteiger partial charge in [0.2, 0.25) is 5.91 Å². The standard InChI is InChI=1S/C17H13N3O/c1-11-9-16-13(10-15(11)19-2)7-8-20(16)14-5-3-12(4-6-14)17(18)21/h3-10H,1H3,(H2,18,21). The van der Waals surface area contributed by atoms with Gasteiger partial charge in [-0.1, -0.05) is 0 Å². The van der Waals surface area contributed by atoms with Crippen LogP contribution in [0.2, 0.25) is 0 Å². The Morgan fingerprint density at radius 2 is 1.90 bits per heavy atom. The third-order valence-corrected chi connectivity index (χ3v) is 3.56. The van der Waals surface area contributed by atoms with Crippen molar-refractivity contribution in [2.24, 2.45) is 5.73 Å². The average Bonchev–Trinajstić information content (AvgIpc) is 2.89. The van der Waals surface area contributed by atoms with Gasteiger partial charge in [-0.05, 0) is 60.3 Å². The molecule has 0 saturated carbocycles. The number of nitrogens with two attached hydrogens (primary N) is 1. The lowest BCUT2D eigenvalue weighted by atomic mass is 10.1. The van der Waals surface area contributed by atoms with E-state index in [4.69, 9.17) is 12.3 Å². The second-order valence-electron chi connectivity index (χ2n) is 4.91. The van der Waals surface area contributed by atoms with Crippen LogP contribution in [-0.4, -0.2) is 10.5 Å². The number of hydrogen-bond donors (Lipinski definition) is 1. The molecule has 1 heterocycles. The van der Waals surface area contributed by atoms with Crippen LogP contribution in [0.4, 0.5) is 5.69 Å². The molecule has 1 aromatic heterocycles. The van der Waals surface area contributed by atoms with E-state index in [2.05, 4.69) is 4.85 Å². The Balaban J connectivity index is 2.15. The predicted octanol–water partition coefficient (Wildman–Crippen LogP) is 3.59. The summed E-state index contributed by atoms with van der Waals surface area (Å²) in [5.41, 5.74) is 9.34. The van der Waals surface area contributed by atoms with Gasteiger partial charge >= 0.3 is 0 Å². The van der Waals surface area contributed by atoms with Crippen LogP contribution in [0.1, 0.15) is 15.9 Å². The minimum absolute atomic E-state index is 0.434. The van der Waals surface area contributed by atoms with Crippen LogP contribution in [0.3, 0.4) is 0 Å². The number of fused-ring (bicyclic) bond motifs is 1. The summed E-state index contributed by atoms with van der Waals surface area (Å²) in [6.07, 6.45) is 1.96. The Kier molecular flexibility index (Phi) is 2.96. The van der Waals surface area contributed by atoms with Gasteiger partial charge in [-0.25, -0.2) is 4.85 Å². The van der Waals surface area contributed by atoms with E-state index in [1.165, 1.54) is 0 Å². The first-order chi connectivity index (χ1) is 10.1. The van der Waals surface area contributed by atoms with E-state index in [-0.39, 0.29) is 0 Å². The molecule has 102 valence electrons. The molecule has 2 aromatic carbocycles. The number of primary amides is 1. The van der Waals surface area contributed by atoms with E-state index in [1.807, 2.05) is 48.0 Å². The summed E-state index contributed by atoms with van der Waals surface area (Å²) in [7, 11) is 0. The van der Waals surface area contributed by atoms with Crippen molar-refractivity contribution in [3.63, 3.8) is 0 Å². The van der Waals surface area contributed by atoms with E-state index in [0.29, 0.717) is 11.3 Å². The zero-order valence-electron chi connectivity index (χ0n) is 11.5. The lowest BCUT2D eigenvalue weighted by Crippen LogP contribution is -2.10. The summed E-state index contributed by atoms with van der Waals surface area (Å²) in [6.45, 7) is 9.10. The lowest BCUT2D eigenvalue weighted by molar-refractivity contribution is 0.100. The van der Waals surface area contributed by atoms with Gasteiger partial charge in [0.25, 0.3) is 0 Å². The lowest BCUT2D eigenvalue weighted by Gasteiger charge is -2.07. The van der Waals surface area contributed by atoms with Crippen LogP contribution >= 0.6 is 0 Å². The van der Waals surface area contributed by atoms with Gasteiger partial charge in [0, 0.05) is 17.4 Å². The van der Waals surface area contributed by atoms with Gasteiger partial charge in [-0.2, -0.15) is 0 Å². The third kappa shape index (κ3) is 2.15. The van der Waals surface area contributed by atoms with Crippen molar-refractivity contribution in [1.29, 1.82) is 0 Å². The van der Waals surface area contributed by atoms with Crippen LogP contribution < -0.4 is 5.73 Å². The van der Waals surface area contributed by atoms with Crippen molar-refractivity contribution < 1.29 is 4.79 Å². The summed E-state index contributed by atoms with van der Waals surface area (Å²) in [5, 5.41) is 1.02. The Labute approximate surface area is 122 Å². The van der Waals surface area contributed by atoms with Gasteiger partial charge < -0.3 is 10.3 Å². The van der Waals surface area contributed by atoms with Gasteiger partial charge in [0.1, 0.15) is 0 Å². The first-order valence-corrected chi connectivity index (χ1v) is 6.49. The van der Waals surface area contributed by atoms with E-state index < -0.39 is 5.91 Å². The van der Waals surface area contributed by atoms with E-state index in [9.17, 15) is 4.79 Å². The largest absolute Gasteiger partial charge is 0.366 e. The van der Waals surface area contributed by atoms with Gasteiger partial charge in [0.05, 0.1) is 12.1 Å². The normalized spacial score (nSPS) is 10.5. The molecule has 0 fully saturated rings. The first kappa shape index (κ1) is 12.9. The summed E-state index contributed by atoms with van der Waals surface area (Å²) in [6, 6.07) is 13.0. The Hall–Kier alpha value is -3.06. The number of carbonyl (C=O) groups is 1. The maximum absolute atomic E-state index is 11.1. The number of nitrogens with zero attached hydrogens (tertiary/aromatic N) is 2. The highest BCUT2D eigenvalue weighted by Crippen LogP contribution is 2.28. The molecule has 4 nitrogen and oxygen atoms in total. The molecule has 0 bridgehead atoms. The second kappa shape index (κ2) is 4.80. The summed E-state index contributed by atoms with van der Waals surface area (Å²) >= 11 is 0. The van der Waals surface area contributed by atoms with E-state index >= 15 is 0 Å². The molecule has 0 aliphatic heterocycles. The van der Waals surface area contributed by atoms with Crippen molar-refractivity contribution in [2.45, 2.75) is 6.92 Å². The molecule has 1 amide bonds. The Bertz CT molecular complexity index is 883. The van der Waals surface area contributed by atoms with Crippen molar-refractivity contribution in [1.82, 2.24) is 4.57 Å². The van der Waals surface area contributed by atoms with Crippen LogP contribution in [0.15, 0.2) is 48.7 Å². The zero-order chi connectivity index (χ0) is 15.0. The number of aryl methyl sites for hydroxylation is 1. The molecule has 0 aliphatic rings. The van der Waals surface area contributed by atoms with Gasteiger partial charge in [-0.15, -0.1) is 0 Å². The molecule has 0 atom stereocenters. The van der Waals surface area contributed by atoms with E-state index in [1.54, 1.807) is 12.1 Å². The van der Waals surface area contributed by atoms with Gasteiger partial charge in [-0.3, -0.25) is 4.79 Å². The Morgan fingerprint density at radius 1 is 1.19 bits per heavy atom. The maximum atomic E-state index is 11.1. The smallest absolute Gasteiger partial charge is 0.248 e. The van der Waals surface area contributed by atoms with Crippen molar-refractivity contribution in [3.05, 3.63) is 71.2 Å². The summed E-state index contributed by atoms with van der Waals surface area (Å²) < 4.78 is 2.03. The predicted molar refractivity (Wildman–Crippen MR) is 82.8 cm³/mol. The first-order valence-electron chi connectivity index (χ1n) is 6.49. The highest BCUT2D eigenvalue weighted by Gasteiger charge is 2.07. The number of benzene rings is 2. The maximum Gasteiger partial charge on any atom is 0.248 e. The topological polar surface area (TPSA) is 52.4 Å². The fraction of sp³-hybridized carbons (Fsp3) is 0.0588. The molecule has 0 radical (unpaired) electrons. The second-order valence-corrected chi connectivity index (χ2v) is 4.91. The molecular formula is C17H13N3O. The fourth-order valence-electron chi connectivity index (χ4n) is 2.41. The third-order valence-electron chi connectivity index (χ3n) is 3.56. The number of amides is 1. The number of aromatic nitrogens is 1. The quantitative estimate of drug-likeness (QED) is 0.714. The van der Waals surface area contributed by atoms with Crippen LogP contribution in [0, 0.1) is 13.5 Å². The van der Waals surface area contributed by atoms with Gasteiger partial charge in [0.15, 0.2) is 5.69 Å². The minimum Gasteiger partial charge on any atom is -0.366 e.